The number of nitrogens with one attached hydrogen (secondary N) is 1. The second kappa shape index (κ2) is 6.80. The molecular weight excluding hydrogens is 260 g/mol. The van der Waals surface area contributed by atoms with Gasteiger partial charge in [-0.15, -0.1) is 0 Å². The topological polar surface area (TPSA) is 24.5 Å². The molecule has 116 valence electrons. The van der Waals surface area contributed by atoms with Gasteiger partial charge in [-0.2, -0.15) is 0 Å². The van der Waals surface area contributed by atoms with Crippen LogP contribution in [0.15, 0.2) is 24.3 Å². The number of para-hydroxylation sites is 1. The van der Waals surface area contributed by atoms with Crippen LogP contribution in [0.4, 0.5) is 5.69 Å². The van der Waals surface area contributed by atoms with Crippen LogP contribution in [-0.4, -0.2) is 31.3 Å². The highest BCUT2D eigenvalue weighted by Gasteiger charge is 2.27. The number of anilines is 1. The molecule has 0 spiro atoms. The van der Waals surface area contributed by atoms with Crippen LogP contribution in [0.2, 0.25) is 0 Å². The van der Waals surface area contributed by atoms with E-state index in [0.29, 0.717) is 18.2 Å². The van der Waals surface area contributed by atoms with Crippen molar-refractivity contribution >= 4 is 5.69 Å². The van der Waals surface area contributed by atoms with Gasteiger partial charge in [-0.25, -0.2) is 0 Å². The van der Waals surface area contributed by atoms with Crippen LogP contribution in [0.3, 0.4) is 0 Å². The Morgan fingerprint density at radius 3 is 2.90 bits per heavy atom. The number of benzene rings is 1. The quantitative estimate of drug-likeness (QED) is 0.919. The lowest BCUT2D eigenvalue weighted by Crippen LogP contribution is -2.41. The van der Waals surface area contributed by atoms with Crippen molar-refractivity contribution in [3.63, 3.8) is 0 Å². The highest BCUT2D eigenvalue weighted by molar-refractivity contribution is 5.54. The molecule has 0 saturated carbocycles. The van der Waals surface area contributed by atoms with Gasteiger partial charge in [0.25, 0.3) is 0 Å². The molecule has 21 heavy (non-hydrogen) atoms. The van der Waals surface area contributed by atoms with E-state index in [0.717, 1.165) is 19.6 Å². The maximum Gasteiger partial charge on any atom is 0.0754 e. The molecule has 1 N–H and O–H groups in total. The summed E-state index contributed by atoms with van der Waals surface area (Å²) >= 11 is 0. The standard InChI is InChI=1S/C18H28N2O/c1-3-6-16-12-20(13-17-10-9-14(2)21-17)18-8-5-4-7-15(18)11-19-16/h4-5,7-8,14,16-17,19H,3,6,9-13H2,1-2H3. The maximum atomic E-state index is 6.05. The second-order valence-electron chi connectivity index (χ2n) is 6.55. The predicted octanol–water partition coefficient (Wildman–Crippen LogP) is 3.33. The zero-order chi connectivity index (χ0) is 14.7. The van der Waals surface area contributed by atoms with E-state index >= 15 is 0 Å². The number of fused-ring (bicyclic) bond motifs is 1. The molecule has 3 unspecified atom stereocenters. The molecule has 3 heteroatoms. The van der Waals surface area contributed by atoms with Crippen LogP contribution in [0, 0.1) is 0 Å². The zero-order valence-electron chi connectivity index (χ0n) is 13.3. The fourth-order valence-electron chi connectivity index (χ4n) is 3.63. The lowest BCUT2D eigenvalue weighted by molar-refractivity contribution is 0.0598. The van der Waals surface area contributed by atoms with Crippen molar-refractivity contribution in [2.45, 2.75) is 64.3 Å². The summed E-state index contributed by atoms with van der Waals surface area (Å²) in [5.41, 5.74) is 2.81. The van der Waals surface area contributed by atoms with E-state index in [1.807, 2.05) is 0 Å². The van der Waals surface area contributed by atoms with Crippen LogP contribution in [0.5, 0.6) is 0 Å². The third-order valence-electron chi connectivity index (χ3n) is 4.74. The fraction of sp³-hybridized carbons (Fsp3) is 0.667. The zero-order valence-corrected chi connectivity index (χ0v) is 13.3. The summed E-state index contributed by atoms with van der Waals surface area (Å²) in [6.07, 6.45) is 5.71. The molecule has 3 rings (SSSR count). The number of nitrogens with zero attached hydrogens (tertiary/aromatic N) is 1. The van der Waals surface area contributed by atoms with Crippen molar-refractivity contribution in [2.75, 3.05) is 18.0 Å². The molecule has 0 aliphatic carbocycles. The van der Waals surface area contributed by atoms with Gasteiger partial charge in [-0.3, -0.25) is 0 Å². The van der Waals surface area contributed by atoms with Crippen molar-refractivity contribution in [3.8, 4) is 0 Å². The third-order valence-corrected chi connectivity index (χ3v) is 4.74. The summed E-state index contributed by atoms with van der Waals surface area (Å²) in [6.45, 7) is 7.57. The first-order valence-corrected chi connectivity index (χ1v) is 8.48. The minimum atomic E-state index is 0.397. The summed E-state index contributed by atoms with van der Waals surface area (Å²) in [5, 5.41) is 3.72. The Morgan fingerprint density at radius 1 is 1.29 bits per heavy atom. The van der Waals surface area contributed by atoms with E-state index in [9.17, 15) is 0 Å². The summed E-state index contributed by atoms with van der Waals surface area (Å²) < 4.78 is 6.05. The molecule has 0 aromatic heterocycles. The first-order chi connectivity index (χ1) is 10.3. The van der Waals surface area contributed by atoms with Gasteiger partial charge in [-0.1, -0.05) is 31.5 Å². The molecule has 3 atom stereocenters. The van der Waals surface area contributed by atoms with Gasteiger partial charge in [-0.05, 0) is 37.8 Å². The summed E-state index contributed by atoms with van der Waals surface area (Å²) in [5.74, 6) is 0. The Kier molecular flexibility index (Phi) is 4.81. The van der Waals surface area contributed by atoms with E-state index in [-0.39, 0.29) is 0 Å². The maximum absolute atomic E-state index is 6.05. The molecule has 1 aromatic carbocycles. The lowest BCUT2D eigenvalue weighted by atomic mass is 10.1. The average Bonchev–Trinajstić information content (AvgIpc) is 2.81. The minimum absolute atomic E-state index is 0.397. The molecule has 1 aromatic rings. The minimum Gasteiger partial charge on any atom is -0.373 e. The van der Waals surface area contributed by atoms with Gasteiger partial charge in [0.15, 0.2) is 0 Å². The summed E-state index contributed by atoms with van der Waals surface area (Å²) in [7, 11) is 0. The molecule has 0 amide bonds. The van der Waals surface area contributed by atoms with Gasteiger partial charge >= 0.3 is 0 Å². The number of ether oxygens (including phenoxy) is 1. The smallest absolute Gasteiger partial charge is 0.0754 e. The fourth-order valence-corrected chi connectivity index (χ4v) is 3.63. The van der Waals surface area contributed by atoms with Crippen molar-refractivity contribution in [1.82, 2.24) is 5.32 Å². The second-order valence-corrected chi connectivity index (χ2v) is 6.55. The predicted molar refractivity (Wildman–Crippen MR) is 87.8 cm³/mol. The van der Waals surface area contributed by atoms with Gasteiger partial charge in [0, 0.05) is 31.4 Å². The number of hydrogen-bond donors (Lipinski definition) is 1. The summed E-state index contributed by atoms with van der Waals surface area (Å²) in [6, 6.07) is 9.41. The van der Waals surface area contributed by atoms with Crippen molar-refractivity contribution in [2.24, 2.45) is 0 Å². The molecule has 2 heterocycles. The molecule has 2 aliphatic heterocycles. The van der Waals surface area contributed by atoms with Crippen molar-refractivity contribution < 1.29 is 4.74 Å². The SMILES string of the molecule is CCCC1CN(CC2CCC(C)O2)c2ccccc2CN1. The first-order valence-electron chi connectivity index (χ1n) is 8.48. The Bertz CT molecular complexity index is 462. The van der Waals surface area contributed by atoms with Crippen LogP contribution < -0.4 is 10.2 Å². The monoisotopic (exact) mass is 288 g/mol. The normalized spacial score (nSPS) is 29.2. The van der Waals surface area contributed by atoms with Crippen molar-refractivity contribution in [1.29, 1.82) is 0 Å². The van der Waals surface area contributed by atoms with E-state index < -0.39 is 0 Å². The molecule has 1 fully saturated rings. The molecule has 3 nitrogen and oxygen atoms in total. The lowest BCUT2D eigenvalue weighted by Gasteiger charge is -2.30. The Balaban J connectivity index is 1.76. The van der Waals surface area contributed by atoms with Gasteiger partial charge < -0.3 is 15.0 Å². The van der Waals surface area contributed by atoms with E-state index in [4.69, 9.17) is 4.74 Å². The van der Waals surface area contributed by atoms with Crippen LogP contribution in [-0.2, 0) is 11.3 Å². The number of rotatable bonds is 4. The highest BCUT2D eigenvalue weighted by Crippen LogP contribution is 2.27. The van der Waals surface area contributed by atoms with Crippen LogP contribution >= 0.6 is 0 Å². The summed E-state index contributed by atoms with van der Waals surface area (Å²) in [4.78, 5) is 2.55. The van der Waals surface area contributed by atoms with Gasteiger partial charge in [0.05, 0.1) is 12.2 Å². The number of hydrogen-bond acceptors (Lipinski definition) is 3. The van der Waals surface area contributed by atoms with Crippen molar-refractivity contribution in [3.05, 3.63) is 29.8 Å². The molecular formula is C18H28N2O. The molecule has 0 bridgehead atoms. The molecule has 0 radical (unpaired) electrons. The first kappa shape index (κ1) is 14.9. The van der Waals surface area contributed by atoms with E-state index in [1.165, 1.54) is 36.9 Å². The Hall–Kier alpha value is -1.06. The molecule has 1 saturated heterocycles. The average molecular weight is 288 g/mol. The van der Waals surface area contributed by atoms with Gasteiger partial charge in [0.2, 0.25) is 0 Å². The third kappa shape index (κ3) is 3.58. The van der Waals surface area contributed by atoms with Crippen LogP contribution in [0.1, 0.15) is 45.1 Å². The van der Waals surface area contributed by atoms with Crippen LogP contribution in [0.25, 0.3) is 0 Å². The van der Waals surface area contributed by atoms with E-state index in [2.05, 4.69) is 48.3 Å². The molecule has 2 aliphatic rings. The Morgan fingerprint density at radius 2 is 2.14 bits per heavy atom. The largest absolute Gasteiger partial charge is 0.373 e. The Labute approximate surface area is 128 Å². The highest BCUT2D eigenvalue weighted by atomic mass is 16.5. The van der Waals surface area contributed by atoms with E-state index in [1.54, 1.807) is 0 Å². The van der Waals surface area contributed by atoms with Gasteiger partial charge in [0.1, 0.15) is 0 Å².